The average Bonchev–Trinajstić information content (AvgIpc) is 2.14. The zero-order valence-electron chi connectivity index (χ0n) is 10.7. The van der Waals surface area contributed by atoms with Crippen molar-refractivity contribution in [3.05, 3.63) is 35.6 Å². The number of rotatable bonds is 4. The van der Waals surface area contributed by atoms with Crippen LogP contribution < -0.4 is 5.73 Å². The molecule has 0 aliphatic rings. The van der Waals surface area contributed by atoms with Crippen molar-refractivity contribution >= 4 is 5.78 Å². The van der Waals surface area contributed by atoms with Gasteiger partial charge in [-0.2, -0.15) is 0 Å². The molecule has 94 valence electrons. The summed E-state index contributed by atoms with van der Waals surface area (Å²) in [7, 11) is 0. The molecule has 1 aromatic carbocycles. The van der Waals surface area contributed by atoms with Crippen molar-refractivity contribution in [1.82, 2.24) is 0 Å². The molecular weight excluding hydrogens is 217 g/mol. The third-order valence-electron chi connectivity index (χ3n) is 2.50. The Morgan fingerprint density at radius 3 is 2.47 bits per heavy atom. The van der Waals surface area contributed by atoms with Crippen molar-refractivity contribution < 1.29 is 9.18 Å². The van der Waals surface area contributed by atoms with Gasteiger partial charge < -0.3 is 5.73 Å². The molecule has 0 aromatic heterocycles. The standard InChI is InChI=1S/C14H20FNO/c1-14(2,3)9-10(16)8-13(17)11-6-4-5-7-12(11)15/h4-7,10H,8-9,16H2,1-3H3. The highest BCUT2D eigenvalue weighted by molar-refractivity contribution is 5.96. The summed E-state index contributed by atoms with van der Waals surface area (Å²) in [6.07, 6.45) is 0.936. The third-order valence-corrected chi connectivity index (χ3v) is 2.50. The largest absolute Gasteiger partial charge is 0.327 e. The molecule has 0 amide bonds. The molecule has 1 unspecified atom stereocenters. The molecule has 0 aliphatic heterocycles. The molecule has 0 spiro atoms. The van der Waals surface area contributed by atoms with Gasteiger partial charge in [0.2, 0.25) is 0 Å². The second-order valence-corrected chi connectivity index (χ2v) is 5.63. The van der Waals surface area contributed by atoms with Gasteiger partial charge in [-0.15, -0.1) is 0 Å². The van der Waals surface area contributed by atoms with Gasteiger partial charge in [0.25, 0.3) is 0 Å². The summed E-state index contributed by atoms with van der Waals surface area (Å²) in [5.41, 5.74) is 6.12. The normalized spacial score (nSPS) is 13.5. The molecular formula is C14H20FNO. The highest BCUT2D eigenvalue weighted by atomic mass is 19.1. The molecule has 17 heavy (non-hydrogen) atoms. The number of hydrogen-bond donors (Lipinski definition) is 1. The number of Topliss-reactive ketones (excluding diaryl/α,β-unsaturated/α-hetero) is 1. The number of nitrogens with two attached hydrogens (primary N) is 1. The van der Waals surface area contributed by atoms with Gasteiger partial charge in [-0.1, -0.05) is 32.9 Å². The quantitative estimate of drug-likeness (QED) is 0.817. The van der Waals surface area contributed by atoms with Crippen LogP contribution in [0.4, 0.5) is 4.39 Å². The molecule has 1 aromatic rings. The van der Waals surface area contributed by atoms with E-state index in [-0.39, 0.29) is 29.2 Å². The highest BCUT2D eigenvalue weighted by Gasteiger charge is 2.20. The molecule has 0 saturated carbocycles. The van der Waals surface area contributed by atoms with Crippen LogP contribution >= 0.6 is 0 Å². The maximum absolute atomic E-state index is 13.4. The van der Waals surface area contributed by atoms with E-state index >= 15 is 0 Å². The lowest BCUT2D eigenvalue weighted by atomic mass is 9.86. The molecule has 2 nitrogen and oxygen atoms in total. The molecule has 1 rings (SSSR count). The lowest BCUT2D eigenvalue weighted by molar-refractivity contribution is 0.0964. The maximum atomic E-state index is 13.4. The van der Waals surface area contributed by atoms with Crippen molar-refractivity contribution in [2.24, 2.45) is 11.1 Å². The summed E-state index contributed by atoms with van der Waals surface area (Å²) in [5, 5.41) is 0. The summed E-state index contributed by atoms with van der Waals surface area (Å²) in [6.45, 7) is 6.21. The van der Waals surface area contributed by atoms with Crippen molar-refractivity contribution in [2.45, 2.75) is 39.7 Å². The molecule has 0 fully saturated rings. The Morgan fingerprint density at radius 1 is 1.35 bits per heavy atom. The number of ketones is 1. The van der Waals surface area contributed by atoms with Gasteiger partial charge in [0, 0.05) is 12.5 Å². The fourth-order valence-electron chi connectivity index (χ4n) is 1.89. The Balaban J connectivity index is 2.64. The van der Waals surface area contributed by atoms with Crippen LogP contribution in [-0.2, 0) is 0 Å². The van der Waals surface area contributed by atoms with Crippen molar-refractivity contribution in [1.29, 1.82) is 0 Å². The smallest absolute Gasteiger partial charge is 0.167 e. The Bertz CT molecular complexity index is 395. The molecule has 1 atom stereocenters. The van der Waals surface area contributed by atoms with Gasteiger partial charge in [-0.05, 0) is 24.0 Å². The predicted molar refractivity (Wildman–Crippen MR) is 67.4 cm³/mol. The minimum atomic E-state index is -0.472. The van der Waals surface area contributed by atoms with Gasteiger partial charge in [0.15, 0.2) is 5.78 Å². The number of carbonyl (C=O) groups excluding carboxylic acids is 1. The van der Waals surface area contributed by atoms with Gasteiger partial charge in [-0.3, -0.25) is 4.79 Å². The summed E-state index contributed by atoms with van der Waals surface area (Å²) >= 11 is 0. The van der Waals surface area contributed by atoms with Crippen LogP contribution in [-0.4, -0.2) is 11.8 Å². The first kappa shape index (κ1) is 13.8. The van der Waals surface area contributed by atoms with Crippen LogP contribution in [0.3, 0.4) is 0 Å². The van der Waals surface area contributed by atoms with Crippen molar-refractivity contribution in [2.75, 3.05) is 0 Å². The molecule has 2 N–H and O–H groups in total. The fraction of sp³-hybridized carbons (Fsp3) is 0.500. The molecule has 3 heteroatoms. The second kappa shape index (κ2) is 5.41. The van der Waals surface area contributed by atoms with E-state index in [2.05, 4.69) is 20.8 Å². The monoisotopic (exact) mass is 237 g/mol. The lowest BCUT2D eigenvalue weighted by Gasteiger charge is -2.22. The minimum absolute atomic E-state index is 0.0783. The molecule has 0 radical (unpaired) electrons. The van der Waals surface area contributed by atoms with E-state index in [4.69, 9.17) is 5.73 Å². The van der Waals surface area contributed by atoms with E-state index in [1.807, 2.05) is 0 Å². The first-order valence-electron chi connectivity index (χ1n) is 5.83. The van der Waals surface area contributed by atoms with Crippen LogP contribution in [0.15, 0.2) is 24.3 Å². The first-order chi connectivity index (χ1) is 7.79. The minimum Gasteiger partial charge on any atom is -0.327 e. The van der Waals surface area contributed by atoms with Crippen LogP contribution in [0, 0.1) is 11.2 Å². The Kier molecular flexibility index (Phi) is 4.40. The van der Waals surface area contributed by atoms with Crippen molar-refractivity contribution in [3.63, 3.8) is 0 Å². The van der Waals surface area contributed by atoms with E-state index < -0.39 is 5.82 Å². The number of halogens is 1. The van der Waals surface area contributed by atoms with Crippen LogP contribution in [0.2, 0.25) is 0 Å². The summed E-state index contributed by atoms with van der Waals surface area (Å²) in [5.74, 6) is -0.694. The van der Waals surface area contributed by atoms with Crippen LogP contribution in [0.5, 0.6) is 0 Å². The predicted octanol–water partition coefficient (Wildman–Crippen LogP) is 3.16. The van der Waals surface area contributed by atoms with Gasteiger partial charge in [0.05, 0.1) is 5.56 Å². The Morgan fingerprint density at radius 2 is 1.94 bits per heavy atom. The van der Waals surface area contributed by atoms with E-state index in [0.717, 1.165) is 6.42 Å². The van der Waals surface area contributed by atoms with E-state index in [9.17, 15) is 9.18 Å². The number of benzene rings is 1. The van der Waals surface area contributed by atoms with Crippen LogP contribution in [0.25, 0.3) is 0 Å². The van der Waals surface area contributed by atoms with E-state index in [0.29, 0.717) is 0 Å². The maximum Gasteiger partial charge on any atom is 0.167 e. The summed E-state index contributed by atoms with van der Waals surface area (Å²) in [4.78, 5) is 11.8. The molecule has 0 saturated heterocycles. The third kappa shape index (κ3) is 4.65. The van der Waals surface area contributed by atoms with Gasteiger partial charge in [0.1, 0.15) is 5.82 Å². The highest BCUT2D eigenvalue weighted by Crippen LogP contribution is 2.22. The molecule has 0 bridgehead atoms. The first-order valence-corrected chi connectivity index (χ1v) is 5.83. The topological polar surface area (TPSA) is 43.1 Å². The molecule has 0 heterocycles. The number of carbonyl (C=O) groups is 1. The number of hydrogen-bond acceptors (Lipinski definition) is 2. The zero-order chi connectivity index (χ0) is 13.1. The second-order valence-electron chi connectivity index (χ2n) is 5.63. The van der Waals surface area contributed by atoms with Gasteiger partial charge in [-0.25, -0.2) is 4.39 Å². The van der Waals surface area contributed by atoms with Gasteiger partial charge >= 0.3 is 0 Å². The molecule has 0 aliphatic carbocycles. The Labute approximate surface area is 102 Å². The lowest BCUT2D eigenvalue weighted by Crippen LogP contribution is -2.29. The van der Waals surface area contributed by atoms with E-state index in [1.165, 1.54) is 12.1 Å². The fourth-order valence-corrected chi connectivity index (χ4v) is 1.89. The average molecular weight is 237 g/mol. The van der Waals surface area contributed by atoms with Crippen LogP contribution in [0.1, 0.15) is 44.0 Å². The SMILES string of the molecule is CC(C)(C)CC(N)CC(=O)c1ccccc1F. The zero-order valence-corrected chi connectivity index (χ0v) is 10.7. The Hall–Kier alpha value is -1.22. The van der Waals surface area contributed by atoms with E-state index in [1.54, 1.807) is 12.1 Å². The summed E-state index contributed by atoms with van der Waals surface area (Å²) in [6, 6.07) is 5.80. The summed E-state index contributed by atoms with van der Waals surface area (Å²) < 4.78 is 13.4. The van der Waals surface area contributed by atoms with Crippen molar-refractivity contribution in [3.8, 4) is 0 Å².